The van der Waals surface area contributed by atoms with Gasteiger partial charge in [-0.1, -0.05) is 36.4 Å². The number of rotatable bonds is 10. The number of halogens is 9. The number of hydrogen-bond donors (Lipinski definition) is 0. The van der Waals surface area contributed by atoms with Gasteiger partial charge in [0.1, 0.15) is 40.3 Å². The van der Waals surface area contributed by atoms with Crippen molar-refractivity contribution in [3.63, 3.8) is 0 Å². The number of hydrogen-bond acceptors (Lipinski definition) is 2. The molecule has 0 atom stereocenters. The molecule has 1 aliphatic rings. The monoisotopic (exact) mass is 678 g/mol. The van der Waals surface area contributed by atoms with Gasteiger partial charge in [-0.2, -0.15) is 8.78 Å². The van der Waals surface area contributed by atoms with E-state index in [4.69, 9.17) is 0 Å². The Balaban J connectivity index is 1.29. The van der Waals surface area contributed by atoms with Gasteiger partial charge in [-0.15, -0.1) is 13.2 Å². The summed E-state index contributed by atoms with van der Waals surface area (Å²) < 4.78 is 136. The Morgan fingerprint density at radius 2 is 1.23 bits per heavy atom. The molecule has 0 N–H and O–H groups in total. The molecule has 4 aromatic rings. The van der Waals surface area contributed by atoms with Crippen LogP contribution in [0.15, 0.2) is 84.9 Å². The first-order valence-electron chi connectivity index (χ1n) is 15.4. The minimum absolute atomic E-state index is 0.0938. The average molecular weight is 679 g/mol. The van der Waals surface area contributed by atoms with Crippen molar-refractivity contribution in [3.8, 4) is 33.8 Å². The highest BCUT2D eigenvalue weighted by molar-refractivity contribution is 5.67. The van der Waals surface area contributed by atoms with Gasteiger partial charge in [0.2, 0.25) is 0 Å². The highest BCUT2D eigenvalue weighted by atomic mass is 19.4. The zero-order chi connectivity index (χ0) is 34.6. The third kappa shape index (κ3) is 8.35. The second kappa shape index (κ2) is 14.4. The minimum Gasteiger partial charge on any atom is -0.429 e. The Labute approximate surface area is 271 Å². The first kappa shape index (κ1) is 34.9. The van der Waals surface area contributed by atoms with Crippen LogP contribution in [0.3, 0.4) is 0 Å². The van der Waals surface area contributed by atoms with Gasteiger partial charge < -0.3 is 9.47 Å². The molecule has 48 heavy (non-hydrogen) atoms. The average Bonchev–Trinajstić information content (AvgIpc) is 3.00. The lowest BCUT2D eigenvalue weighted by atomic mass is 9.77. The molecule has 0 unspecified atom stereocenters. The van der Waals surface area contributed by atoms with Crippen molar-refractivity contribution in [1.82, 2.24) is 0 Å². The Hall–Kier alpha value is -4.41. The molecular weight excluding hydrogens is 647 g/mol. The largest absolute Gasteiger partial charge is 0.573 e. The van der Waals surface area contributed by atoms with Crippen LogP contribution < -0.4 is 9.47 Å². The Morgan fingerprint density at radius 3 is 1.81 bits per heavy atom. The summed E-state index contributed by atoms with van der Waals surface area (Å²) in [6.45, 7) is 1.99. The molecule has 0 radical (unpaired) electrons. The molecule has 0 heterocycles. The van der Waals surface area contributed by atoms with Crippen LogP contribution in [0.25, 0.3) is 22.3 Å². The normalized spacial score (nSPS) is 17.1. The van der Waals surface area contributed by atoms with Crippen molar-refractivity contribution in [2.24, 2.45) is 5.92 Å². The van der Waals surface area contributed by atoms with Crippen LogP contribution in [0.1, 0.15) is 62.5 Å². The van der Waals surface area contributed by atoms with E-state index in [9.17, 15) is 17.6 Å². The fourth-order valence-corrected chi connectivity index (χ4v) is 6.14. The maximum atomic E-state index is 15.2. The van der Waals surface area contributed by atoms with Gasteiger partial charge in [0.15, 0.2) is 0 Å². The molecule has 0 aromatic heterocycles. The van der Waals surface area contributed by atoms with Gasteiger partial charge in [-0.3, -0.25) is 0 Å². The molecule has 254 valence electrons. The van der Waals surface area contributed by atoms with Gasteiger partial charge in [0.25, 0.3) is 0 Å². The molecule has 0 bridgehead atoms. The lowest BCUT2D eigenvalue weighted by Crippen LogP contribution is -2.25. The molecule has 11 heteroatoms. The first-order chi connectivity index (χ1) is 22.7. The smallest absolute Gasteiger partial charge is 0.429 e. The van der Waals surface area contributed by atoms with E-state index >= 15 is 22.0 Å². The topological polar surface area (TPSA) is 18.5 Å². The molecule has 5 rings (SSSR count). The molecule has 0 aliphatic heterocycles. The van der Waals surface area contributed by atoms with E-state index in [1.165, 1.54) is 12.1 Å². The Kier molecular flexibility index (Phi) is 10.5. The maximum absolute atomic E-state index is 15.2. The molecule has 0 saturated heterocycles. The van der Waals surface area contributed by atoms with Crippen LogP contribution in [0.4, 0.5) is 39.5 Å². The van der Waals surface area contributed by atoms with Crippen molar-refractivity contribution in [2.45, 2.75) is 63.8 Å². The zero-order valence-corrected chi connectivity index (χ0v) is 25.7. The third-order valence-corrected chi connectivity index (χ3v) is 8.52. The summed E-state index contributed by atoms with van der Waals surface area (Å²) in [7, 11) is 0. The zero-order valence-electron chi connectivity index (χ0n) is 25.7. The predicted octanol–water partition coefficient (Wildman–Crippen LogP) is 12.2. The summed E-state index contributed by atoms with van der Waals surface area (Å²) in [5.74, 6) is -5.81. The molecule has 1 saturated carbocycles. The molecule has 0 spiro atoms. The first-order valence-corrected chi connectivity index (χ1v) is 15.4. The number of allylic oxidation sites excluding steroid dienone is 2. The Morgan fingerprint density at radius 1 is 0.646 bits per heavy atom. The van der Waals surface area contributed by atoms with Crippen LogP contribution in [0.2, 0.25) is 0 Å². The summed E-state index contributed by atoms with van der Waals surface area (Å²) >= 11 is 0. The summed E-state index contributed by atoms with van der Waals surface area (Å²) in [5.41, 5.74) is -1.51. The number of alkyl halides is 5. The predicted molar refractivity (Wildman–Crippen MR) is 164 cm³/mol. The van der Waals surface area contributed by atoms with Gasteiger partial charge in [0.05, 0.1) is 0 Å². The molecule has 4 aromatic carbocycles. The van der Waals surface area contributed by atoms with Crippen LogP contribution in [-0.4, -0.2) is 6.36 Å². The summed E-state index contributed by atoms with van der Waals surface area (Å²) in [6, 6.07) is 12.1. The van der Waals surface area contributed by atoms with Crippen molar-refractivity contribution in [2.75, 3.05) is 0 Å². The third-order valence-electron chi connectivity index (χ3n) is 8.52. The highest BCUT2D eigenvalue weighted by Crippen LogP contribution is 2.41. The Bertz CT molecular complexity index is 1730. The van der Waals surface area contributed by atoms with Crippen LogP contribution in [-0.2, 0) is 6.11 Å². The molecular formula is C37H31F9O2. The van der Waals surface area contributed by atoms with Gasteiger partial charge in [-0.05, 0) is 116 Å². The summed E-state index contributed by atoms with van der Waals surface area (Å²) in [5, 5.41) is 0. The van der Waals surface area contributed by atoms with Crippen LogP contribution in [0.5, 0.6) is 11.5 Å². The maximum Gasteiger partial charge on any atom is 0.573 e. The number of benzene rings is 4. The van der Waals surface area contributed by atoms with Crippen molar-refractivity contribution < 1.29 is 49.0 Å². The van der Waals surface area contributed by atoms with Crippen LogP contribution in [0, 0.1) is 29.2 Å². The molecule has 0 amide bonds. The fraction of sp³-hybridized carbons (Fsp3) is 0.297. The van der Waals surface area contributed by atoms with E-state index in [1.807, 2.05) is 13.0 Å². The van der Waals surface area contributed by atoms with E-state index in [-0.39, 0.29) is 28.2 Å². The highest BCUT2D eigenvalue weighted by Gasteiger charge is 2.41. The second-order valence-electron chi connectivity index (χ2n) is 11.8. The lowest BCUT2D eigenvalue weighted by Gasteiger charge is -2.29. The fourth-order valence-electron chi connectivity index (χ4n) is 6.14. The lowest BCUT2D eigenvalue weighted by molar-refractivity contribution is -0.274. The van der Waals surface area contributed by atoms with Gasteiger partial charge in [-0.25, -0.2) is 17.6 Å². The van der Waals surface area contributed by atoms with E-state index < -0.39 is 52.8 Å². The van der Waals surface area contributed by atoms with E-state index in [2.05, 4.69) is 15.5 Å². The van der Waals surface area contributed by atoms with Gasteiger partial charge in [0, 0.05) is 17.2 Å². The van der Waals surface area contributed by atoms with Gasteiger partial charge >= 0.3 is 12.5 Å². The molecule has 1 fully saturated rings. The van der Waals surface area contributed by atoms with E-state index in [0.29, 0.717) is 24.1 Å². The van der Waals surface area contributed by atoms with Crippen molar-refractivity contribution in [1.29, 1.82) is 0 Å². The van der Waals surface area contributed by atoms with E-state index in [0.717, 1.165) is 80.5 Å². The van der Waals surface area contributed by atoms with Crippen molar-refractivity contribution in [3.05, 3.63) is 119 Å². The standard InChI is InChI=1S/C37H31F9O2/c1-2-3-4-5-22-6-8-23(9-7-22)25-12-16-30(31(38)18-25)26-19-33(40)35(34(41)20-26)36(42,43)47-28-15-17-29(32(39)21-28)24-10-13-27(14-11-24)48-37(44,45)46/h2-3,10-23H,4-9H2,1H3. The number of ether oxygens (including phenoxy) is 2. The van der Waals surface area contributed by atoms with Crippen molar-refractivity contribution >= 4 is 0 Å². The summed E-state index contributed by atoms with van der Waals surface area (Å²) in [6.07, 6.45) is 0.605. The van der Waals surface area contributed by atoms with E-state index in [1.54, 1.807) is 6.07 Å². The molecule has 1 aliphatic carbocycles. The second-order valence-corrected chi connectivity index (χ2v) is 11.8. The minimum atomic E-state index is -4.93. The van der Waals surface area contributed by atoms with Crippen LogP contribution >= 0.6 is 0 Å². The SMILES string of the molecule is CC=CCCC1CCC(c2ccc(-c3cc(F)c(C(F)(F)Oc4ccc(-c5ccc(OC(F)(F)F)cc5)c(F)c4)c(F)c3)c(F)c2)CC1. The summed E-state index contributed by atoms with van der Waals surface area (Å²) in [4.78, 5) is 0. The quantitative estimate of drug-likeness (QED) is 0.123. The molecule has 2 nitrogen and oxygen atoms in total.